The summed E-state index contributed by atoms with van der Waals surface area (Å²) in [6, 6.07) is 2.64. The van der Waals surface area contributed by atoms with E-state index in [1.165, 1.54) is 37.7 Å². The third kappa shape index (κ3) is 3.32. The Balaban J connectivity index is 1.46. The monoisotopic (exact) mass is 333 g/mol. The van der Waals surface area contributed by atoms with Crippen LogP contribution in [0, 0.1) is 11.3 Å². The zero-order valence-electron chi connectivity index (χ0n) is 13.7. The average Bonchev–Trinajstić information content (AvgIpc) is 3.45. The molecule has 3 fully saturated rings. The molecule has 0 bridgehead atoms. The maximum atomic E-state index is 13.0. The molecule has 0 radical (unpaired) electrons. The highest BCUT2D eigenvalue weighted by molar-refractivity contribution is 7.07. The molecule has 0 aromatic carbocycles. The van der Waals surface area contributed by atoms with Gasteiger partial charge >= 0.3 is 0 Å². The van der Waals surface area contributed by atoms with Crippen LogP contribution in [0.15, 0.2) is 16.8 Å². The standard InChI is InChI=1S/C18H27N3OS/c19-15(14-1-2-14)9-17(22)21(11-13-3-8-23-12-13)16-10-18(16)4-6-20-7-5-18/h3,8,12,14-16,20H,1-2,4-7,9-11,19H2/t15-,16+/m1/s1. The second-order valence-electron chi connectivity index (χ2n) is 7.69. The molecule has 2 heterocycles. The quantitative estimate of drug-likeness (QED) is 0.840. The van der Waals surface area contributed by atoms with Gasteiger partial charge in [-0.2, -0.15) is 11.3 Å². The Kier molecular flexibility index (Phi) is 4.20. The molecule has 23 heavy (non-hydrogen) atoms. The van der Waals surface area contributed by atoms with Crippen molar-refractivity contribution < 1.29 is 4.79 Å². The molecule has 2 saturated carbocycles. The van der Waals surface area contributed by atoms with Crippen LogP contribution in [0.3, 0.4) is 0 Å². The van der Waals surface area contributed by atoms with Crippen LogP contribution in [-0.2, 0) is 11.3 Å². The topological polar surface area (TPSA) is 58.4 Å². The van der Waals surface area contributed by atoms with Crippen LogP contribution in [0.5, 0.6) is 0 Å². The summed E-state index contributed by atoms with van der Waals surface area (Å²) in [5.74, 6) is 0.866. The molecule has 0 unspecified atom stereocenters. The van der Waals surface area contributed by atoms with Crippen molar-refractivity contribution in [2.24, 2.45) is 17.1 Å². The van der Waals surface area contributed by atoms with Gasteiger partial charge in [0.15, 0.2) is 0 Å². The SMILES string of the molecule is N[C@H](CC(=O)N(Cc1ccsc1)[C@H]1CC12CCNCC2)C1CC1. The third-order valence-corrected chi connectivity index (χ3v) is 6.75. The van der Waals surface area contributed by atoms with Gasteiger partial charge in [-0.3, -0.25) is 4.79 Å². The Morgan fingerprint density at radius 3 is 2.87 bits per heavy atom. The van der Waals surface area contributed by atoms with Gasteiger partial charge in [-0.25, -0.2) is 0 Å². The van der Waals surface area contributed by atoms with Crippen molar-refractivity contribution in [3.63, 3.8) is 0 Å². The zero-order valence-corrected chi connectivity index (χ0v) is 14.5. The first-order valence-electron chi connectivity index (χ1n) is 8.95. The number of hydrogen-bond donors (Lipinski definition) is 2. The van der Waals surface area contributed by atoms with Gasteiger partial charge < -0.3 is 16.0 Å². The molecule has 1 amide bonds. The molecule has 2 atom stereocenters. The minimum Gasteiger partial charge on any atom is -0.335 e. The molecule has 4 rings (SSSR count). The van der Waals surface area contributed by atoms with E-state index < -0.39 is 0 Å². The van der Waals surface area contributed by atoms with Gasteiger partial charge in [0.25, 0.3) is 0 Å². The lowest BCUT2D eigenvalue weighted by molar-refractivity contribution is -0.133. The fourth-order valence-electron chi connectivity index (χ4n) is 4.19. The molecule has 1 spiro atoms. The van der Waals surface area contributed by atoms with E-state index in [4.69, 9.17) is 5.73 Å². The summed E-state index contributed by atoms with van der Waals surface area (Å²) in [5.41, 5.74) is 7.88. The number of nitrogens with one attached hydrogen (secondary N) is 1. The largest absolute Gasteiger partial charge is 0.335 e. The number of nitrogens with two attached hydrogens (primary N) is 1. The van der Waals surface area contributed by atoms with Gasteiger partial charge in [-0.1, -0.05) is 0 Å². The number of carbonyl (C=O) groups is 1. The van der Waals surface area contributed by atoms with Gasteiger partial charge in [0, 0.05) is 25.0 Å². The number of amides is 1. The van der Waals surface area contributed by atoms with E-state index in [0.29, 0.717) is 23.8 Å². The predicted octanol–water partition coefficient (Wildman–Crippen LogP) is 2.35. The van der Waals surface area contributed by atoms with Crippen molar-refractivity contribution in [2.75, 3.05) is 13.1 Å². The molecule has 1 aromatic heterocycles. The normalized spacial score (nSPS) is 26.9. The Hall–Kier alpha value is -0.910. The fraction of sp³-hybridized carbons (Fsp3) is 0.722. The first-order chi connectivity index (χ1) is 11.2. The summed E-state index contributed by atoms with van der Waals surface area (Å²) in [7, 11) is 0. The molecule has 4 nitrogen and oxygen atoms in total. The van der Waals surface area contributed by atoms with Gasteiger partial charge in [0.2, 0.25) is 5.91 Å². The third-order valence-electron chi connectivity index (χ3n) is 6.01. The van der Waals surface area contributed by atoms with Crippen LogP contribution in [0.4, 0.5) is 0 Å². The summed E-state index contributed by atoms with van der Waals surface area (Å²) >= 11 is 1.71. The molecule has 1 saturated heterocycles. The van der Waals surface area contributed by atoms with E-state index in [2.05, 4.69) is 27.0 Å². The lowest BCUT2D eigenvalue weighted by atomic mass is 9.93. The van der Waals surface area contributed by atoms with Crippen LogP contribution >= 0.6 is 11.3 Å². The lowest BCUT2D eigenvalue weighted by Gasteiger charge is -2.30. The van der Waals surface area contributed by atoms with E-state index in [1.54, 1.807) is 11.3 Å². The minimum absolute atomic E-state index is 0.0650. The van der Waals surface area contributed by atoms with E-state index in [-0.39, 0.29) is 11.9 Å². The van der Waals surface area contributed by atoms with E-state index in [0.717, 1.165) is 19.6 Å². The first-order valence-corrected chi connectivity index (χ1v) is 9.89. The summed E-state index contributed by atoms with van der Waals surface area (Å²) in [6.07, 6.45) is 6.54. The highest BCUT2D eigenvalue weighted by Gasteiger charge is 2.57. The Morgan fingerprint density at radius 1 is 1.43 bits per heavy atom. The number of piperidine rings is 1. The maximum Gasteiger partial charge on any atom is 0.224 e. The lowest BCUT2D eigenvalue weighted by Crippen LogP contribution is -2.41. The summed E-state index contributed by atoms with van der Waals surface area (Å²) in [5, 5.41) is 7.71. The van der Waals surface area contributed by atoms with Gasteiger partial charge in [0.1, 0.15) is 0 Å². The van der Waals surface area contributed by atoms with Gasteiger partial charge in [-0.05, 0) is 78.9 Å². The first kappa shape index (κ1) is 15.6. The van der Waals surface area contributed by atoms with Crippen molar-refractivity contribution in [3.05, 3.63) is 22.4 Å². The maximum absolute atomic E-state index is 13.0. The predicted molar refractivity (Wildman–Crippen MR) is 93.1 cm³/mol. The summed E-state index contributed by atoms with van der Waals surface area (Å²) in [4.78, 5) is 15.1. The molecule has 5 heteroatoms. The molecule has 3 N–H and O–H groups in total. The minimum atomic E-state index is 0.0650. The van der Waals surface area contributed by atoms with Crippen LogP contribution < -0.4 is 11.1 Å². The molecular formula is C18H27N3OS. The molecule has 1 aliphatic heterocycles. The molecule has 1 aromatic rings. The molecule has 2 aliphatic carbocycles. The smallest absolute Gasteiger partial charge is 0.224 e. The second-order valence-corrected chi connectivity index (χ2v) is 8.47. The van der Waals surface area contributed by atoms with Crippen molar-refractivity contribution in [1.29, 1.82) is 0 Å². The Bertz CT molecular complexity index is 549. The highest BCUT2D eigenvalue weighted by atomic mass is 32.1. The molecular weight excluding hydrogens is 306 g/mol. The number of nitrogens with zero attached hydrogens (tertiary/aromatic N) is 1. The van der Waals surface area contributed by atoms with Crippen molar-refractivity contribution in [1.82, 2.24) is 10.2 Å². The molecule has 126 valence electrons. The number of thiophene rings is 1. The fourth-order valence-corrected chi connectivity index (χ4v) is 4.85. The van der Waals surface area contributed by atoms with E-state index in [1.807, 2.05) is 0 Å². The van der Waals surface area contributed by atoms with Crippen molar-refractivity contribution in [3.8, 4) is 0 Å². The number of carbonyl (C=O) groups excluding carboxylic acids is 1. The summed E-state index contributed by atoms with van der Waals surface area (Å²) < 4.78 is 0. The average molecular weight is 334 g/mol. The summed E-state index contributed by atoms with van der Waals surface area (Å²) in [6.45, 7) is 2.96. The van der Waals surface area contributed by atoms with Crippen LogP contribution in [0.25, 0.3) is 0 Å². The van der Waals surface area contributed by atoms with Crippen molar-refractivity contribution in [2.45, 2.75) is 57.2 Å². The van der Waals surface area contributed by atoms with Gasteiger partial charge in [0.05, 0.1) is 0 Å². The number of hydrogen-bond acceptors (Lipinski definition) is 4. The second kappa shape index (κ2) is 6.19. The number of rotatable bonds is 6. The van der Waals surface area contributed by atoms with Crippen LogP contribution in [-0.4, -0.2) is 36.0 Å². The van der Waals surface area contributed by atoms with Crippen molar-refractivity contribution >= 4 is 17.2 Å². The molecule has 3 aliphatic rings. The van der Waals surface area contributed by atoms with E-state index >= 15 is 0 Å². The Labute approximate surface area is 142 Å². The van der Waals surface area contributed by atoms with Crippen LogP contribution in [0.2, 0.25) is 0 Å². The van der Waals surface area contributed by atoms with Crippen LogP contribution in [0.1, 0.15) is 44.1 Å². The Morgan fingerprint density at radius 2 is 2.22 bits per heavy atom. The zero-order chi connectivity index (χ0) is 15.9. The van der Waals surface area contributed by atoms with Gasteiger partial charge in [-0.15, -0.1) is 0 Å². The van der Waals surface area contributed by atoms with E-state index in [9.17, 15) is 4.79 Å². The highest BCUT2D eigenvalue weighted by Crippen LogP contribution is 2.56.